The molecule has 0 aliphatic heterocycles. The van der Waals surface area contributed by atoms with E-state index in [9.17, 15) is 9.59 Å². The molecule has 1 atom stereocenters. The fourth-order valence-electron chi connectivity index (χ4n) is 3.32. The molecule has 0 aliphatic rings. The molecule has 0 saturated heterocycles. The summed E-state index contributed by atoms with van der Waals surface area (Å²) in [7, 11) is 1.60. The molecule has 31 heavy (non-hydrogen) atoms. The fraction of sp³-hybridized carbons (Fsp3) is 0.292. The molecule has 1 aromatic heterocycles. The Balaban J connectivity index is 1.82. The van der Waals surface area contributed by atoms with Crippen molar-refractivity contribution in [2.45, 2.75) is 33.2 Å². The molecule has 162 valence electrons. The first-order valence-electron chi connectivity index (χ1n) is 10.3. The van der Waals surface area contributed by atoms with Gasteiger partial charge >= 0.3 is 0 Å². The topological polar surface area (TPSA) is 76.5 Å². The summed E-state index contributed by atoms with van der Waals surface area (Å²) >= 11 is 0. The highest BCUT2D eigenvalue weighted by Gasteiger charge is 2.28. The van der Waals surface area contributed by atoms with Crippen LogP contribution in [0.5, 0.6) is 5.75 Å². The summed E-state index contributed by atoms with van der Waals surface area (Å²) in [4.78, 5) is 27.6. The van der Waals surface area contributed by atoms with Crippen LogP contribution in [0.3, 0.4) is 0 Å². The van der Waals surface area contributed by atoms with E-state index in [0.717, 1.165) is 17.7 Å². The number of carbonyl (C=O) groups excluding carboxylic acids is 2. The number of anilines is 1. The minimum atomic E-state index is -0.647. The van der Waals surface area contributed by atoms with Gasteiger partial charge in [0.05, 0.1) is 7.11 Å². The van der Waals surface area contributed by atoms with E-state index < -0.39 is 6.04 Å². The number of methoxy groups -OCH3 is 1. The van der Waals surface area contributed by atoms with Crippen molar-refractivity contribution in [1.29, 1.82) is 0 Å². The number of aromatic nitrogens is 2. The molecular formula is C24H28N4O3. The minimum Gasteiger partial charge on any atom is -0.494 e. The molecule has 2 aromatic carbocycles. The van der Waals surface area contributed by atoms with E-state index in [-0.39, 0.29) is 17.5 Å². The van der Waals surface area contributed by atoms with E-state index in [0.29, 0.717) is 18.0 Å². The zero-order valence-electron chi connectivity index (χ0n) is 18.3. The first-order chi connectivity index (χ1) is 14.9. The van der Waals surface area contributed by atoms with Crippen molar-refractivity contribution in [3.8, 4) is 11.4 Å². The number of rotatable bonds is 8. The van der Waals surface area contributed by atoms with Gasteiger partial charge in [-0.25, -0.2) is 4.68 Å². The van der Waals surface area contributed by atoms with Crippen LogP contribution >= 0.6 is 0 Å². The number of nitrogens with one attached hydrogen (secondary N) is 1. The van der Waals surface area contributed by atoms with Crippen molar-refractivity contribution in [3.63, 3.8) is 0 Å². The molecule has 3 rings (SSSR count). The molecule has 7 nitrogen and oxygen atoms in total. The van der Waals surface area contributed by atoms with Crippen molar-refractivity contribution < 1.29 is 14.3 Å². The first-order valence-corrected chi connectivity index (χ1v) is 10.3. The average Bonchev–Trinajstić information content (AvgIpc) is 3.27. The Morgan fingerprint density at radius 2 is 1.90 bits per heavy atom. The molecule has 0 radical (unpaired) electrons. The third kappa shape index (κ3) is 5.12. The summed E-state index contributed by atoms with van der Waals surface area (Å²) in [6, 6.07) is 16.0. The molecule has 0 aliphatic carbocycles. The molecular weight excluding hydrogens is 392 g/mol. The lowest BCUT2D eigenvalue weighted by atomic mass is 10.2. The van der Waals surface area contributed by atoms with Gasteiger partial charge in [0.1, 0.15) is 17.5 Å². The van der Waals surface area contributed by atoms with Crippen LogP contribution in [-0.2, 0) is 4.79 Å². The second-order valence-electron chi connectivity index (χ2n) is 7.35. The number of ether oxygens (including phenoxy) is 1. The molecule has 1 heterocycles. The predicted octanol–water partition coefficient (Wildman–Crippen LogP) is 4.07. The quantitative estimate of drug-likeness (QED) is 0.596. The van der Waals surface area contributed by atoms with Crippen molar-refractivity contribution in [2.24, 2.45) is 0 Å². The van der Waals surface area contributed by atoms with Gasteiger partial charge in [-0.3, -0.25) is 9.59 Å². The number of para-hydroxylation sites is 1. The van der Waals surface area contributed by atoms with Crippen LogP contribution < -0.4 is 10.1 Å². The van der Waals surface area contributed by atoms with Gasteiger partial charge in [-0.05, 0) is 56.2 Å². The standard InChI is InChI=1S/C24H28N4O3/c1-5-14-27(18(3)23(29)25-19-9-7-6-8-10-19)24(30)20-13-15-28(26-20)21-16-17(2)11-12-22(21)31-4/h6-13,15-16,18H,5,14H2,1-4H3,(H,25,29). The van der Waals surface area contributed by atoms with Gasteiger partial charge in [0.15, 0.2) is 5.69 Å². The van der Waals surface area contributed by atoms with Crippen LogP contribution in [0.15, 0.2) is 60.8 Å². The van der Waals surface area contributed by atoms with Crippen LogP contribution in [0.1, 0.15) is 36.3 Å². The van der Waals surface area contributed by atoms with Crippen LogP contribution in [0.2, 0.25) is 0 Å². The molecule has 2 amide bonds. The van der Waals surface area contributed by atoms with Gasteiger partial charge in [0.2, 0.25) is 5.91 Å². The minimum absolute atomic E-state index is 0.243. The number of amides is 2. The Morgan fingerprint density at radius 1 is 1.16 bits per heavy atom. The highest BCUT2D eigenvalue weighted by atomic mass is 16.5. The van der Waals surface area contributed by atoms with Crippen LogP contribution in [0, 0.1) is 6.92 Å². The van der Waals surface area contributed by atoms with E-state index in [2.05, 4.69) is 10.4 Å². The maximum atomic E-state index is 13.2. The molecule has 0 saturated carbocycles. The summed E-state index contributed by atoms with van der Waals surface area (Å²) in [5.74, 6) is 0.129. The maximum absolute atomic E-state index is 13.2. The maximum Gasteiger partial charge on any atom is 0.275 e. The van der Waals surface area contributed by atoms with Crippen molar-refractivity contribution in [1.82, 2.24) is 14.7 Å². The number of hydrogen-bond donors (Lipinski definition) is 1. The largest absolute Gasteiger partial charge is 0.494 e. The van der Waals surface area contributed by atoms with E-state index in [1.54, 1.807) is 35.9 Å². The third-order valence-corrected chi connectivity index (χ3v) is 5.00. The van der Waals surface area contributed by atoms with Gasteiger partial charge in [0, 0.05) is 18.4 Å². The Morgan fingerprint density at radius 3 is 2.58 bits per heavy atom. The zero-order chi connectivity index (χ0) is 22.4. The Labute approximate surface area is 182 Å². The molecule has 3 aromatic rings. The van der Waals surface area contributed by atoms with Gasteiger partial charge in [-0.2, -0.15) is 5.10 Å². The number of carbonyl (C=O) groups is 2. The molecule has 1 N–H and O–H groups in total. The van der Waals surface area contributed by atoms with Crippen molar-refractivity contribution in [3.05, 3.63) is 72.1 Å². The summed E-state index contributed by atoms with van der Waals surface area (Å²) in [5, 5.41) is 7.34. The second-order valence-corrected chi connectivity index (χ2v) is 7.35. The van der Waals surface area contributed by atoms with Gasteiger partial charge in [-0.1, -0.05) is 31.2 Å². The predicted molar refractivity (Wildman–Crippen MR) is 121 cm³/mol. The first kappa shape index (κ1) is 22.1. The number of benzene rings is 2. The monoisotopic (exact) mass is 420 g/mol. The molecule has 0 spiro atoms. The van der Waals surface area contributed by atoms with Gasteiger partial charge in [0.25, 0.3) is 5.91 Å². The number of aryl methyl sites for hydroxylation is 1. The molecule has 7 heteroatoms. The van der Waals surface area contributed by atoms with Gasteiger partial charge in [-0.15, -0.1) is 0 Å². The van der Waals surface area contributed by atoms with E-state index >= 15 is 0 Å². The van der Waals surface area contributed by atoms with E-state index in [4.69, 9.17) is 4.74 Å². The van der Waals surface area contributed by atoms with Crippen molar-refractivity contribution in [2.75, 3.05) is 19.0 Å². The van der Waals surface area contributed by atoms with E-state index in [1.807, 2.05) is 62.4 Å². The third-order valence-electron chi connectivity index (χ3n) is 5.00. The van der Waals surface area contributed by atoms with E-state index in [1.165, 1.54) is 0 Å². The lowest BCUT2D eigenvalue weighted by Gasteiger charge is -2.27. The molecule has 1 unspecified atom stereocenters. The molecule has 0 fully saturated rings. The smallest absolute Gasteiger partial charge is 0.275 e. The Hall–Kier alpha value is -3.61. The van der Waals surface area contributed by atoms with Crippen LogP contribution in [0.4, 0.5) is 5.69 Å². The Kier molecular flexibility index (Phi) is 7.07. The lowest BCUT2D eigenvalue weighted by molar-refractivity contribution is -0.120. The summed E-state index contributed by atoms with van der Waals surface area (Å²) in [5.41, 5.74) is 2.77. The number of hydrogen-bond acceptors (Lipinski definition) is 4. The summed E-state index contributed by atoms with van der Waals surface area (Å²) in [6.45, 7) is 6.13. The van der Waals surface area contributed by atoms with Crippen LogP contribution in [-0.4, -0.2) is 46.2 Å². The average molecular weight is 421 g/mol. The second kappa shape index (κ2) is 9.93. The lowest BCUT2D eigenvalue weighted by Crippen LogP contribution is -2.46. The summed E-state index contributed by atoms with van der Waals surface area (Å²) < 4.78 is 7.05. The number of nitrogens with zero attached hydrogens (tertiary/aromatic N) is 3. The highest BCUT2D eigenvalue weighted by Crippen LogP contribution is 2.24. The fourth-order valence-corrected chi connectivity index (χ4v) is 3.32. The van der Waals surface area contributed by atoms with Crippen molar-refractivity contribution >= 4 is 17.5 Å². The highest BCUT2D eigenvalue weighted by molar-refractivity contribution is 6.00. The van der Waals surface area contributed by atoms with Crippen LogP contribution in [0.25, 0.3) is 5.69 Å². The normalized spacial score (nSPS) is 11.6. The summed E-state index contributed by atoms with van der Waals surface area (Å²) in [6.07, 6.45) is 2.45. The zero-order valence-corrected chi connectivity index (χ0v) is 18.3. The molecule has 0 bridgehead atoms. The SMILES string of the molecule is CCCN(C(=O)c1ccn(-c2cc(C)ccc2OC)n1)C(C)C(=O)Nc1ccccc1. The Bertz CT molecular complexity index is 1050. The van der Waals surface area contributed by atoms with Gasteiger partial charge < -0.3 is 15.0 Å².